The molecular formula is C18H15NO2. The molecule has 2 aromatic rings. The van der Waals surface area contributed by atoms with Gasteiger partial charge in [-0.25, -0.2) is 0 Å². The SMILES string of the molecule is NC(=O)C=CC1=C(c2ccccc2)c2ccccc2OC1. The Morgan fingerprint density at radius 3 is 2.52 bits per heavy atom. The Bertz CT molecular complexity index is 730. The summed E-state index contributed by atoms with van der Waals surface area (Å²) in [5.74, 6) is 0.390. The minimum Gasteiger partial charge on any atom is -0.488 e. The Labute approximate surface area is 123 Å². The molecule has 0 atom stereocenters. The Hall–Kier alpha value is -2.81. The maximum Gasteiger partial charge on any atom is 0.241 e. The molecule has 0 saturated heterocycles. The van der Waals surface area contributed by atoms with Gasteiger partial charge >= 0.3 is 0 Å². The number of hydrogen-bond donors (Lipinski definition) is 1. The Balaban J connectivity index is 2.19. The molecule has 0 spiro atoms. The van der Waals surface area contributed by atoms with Crippen LogP contribution in [0.25, 0.3) is 5.57 Å². The molecule has 0 aromatic heterocycles. The van der Waals surface area contributed by atoms with E-state index in [9.17, 15) is 4.79 Å². The average molecular weight is 277 g/mol. The Morgan fingerprint density at radius 2 is 1.76 bits per heavy atom. The van der Waals surface area contributed by atoms with Crippen LogP contribution in [-0.4, -0.2) is 12.5 Å². The van der Waals surface area contributed by atoms with Crippen molar-refractivity contribution >= 4 is 11.5 Å². The van der Waals surface area contributed by atoms with Gasteiger partial charge in [0.05, 0.1) is 0 Å². The summed E-state index contributed by atoms with van der Waals surface area (Å²) in [4.78, 5) is 11.0. The van der Waals surface area contributed by atoms with E-state index in [1.54, 1.807) is 6.08 Å². The first-order valence-electron chi connectivity index (χ1n) is 6.74. The maximum atomic E-state index is 11.0. The van der Waals surface area contributed by atoms with E-state index in [1.807, 2.05) is 42.5 Å². The van der Waals surface area contributed by atoms with Gasteiger partial charge in [-0.2, -0.15) is 0 Å². The number of para-hydroxylation sites is 1. The van der Waals surface area contributed by atoms with Gasteiger partial charge in [0.15, 0.2) is 0 Å². The molecule has 0 aliphatic carbocycles. The molecular weight excluding hydrogens is 262 g/mol. The summed E-state index contributed by atoms with van der Waals surface area (Å²) in [6, 6.07) is 18.0. The number of rotatable bonds is 3. The van der Waals surface area contributed by atoms with Gasteiger partial charge in [-0.3, -0.25) is 4.79 Å². The van der Waals surface area contributed by atoms with Crippen LogP contribution in [0.15, 0.2) is 72.3 Å². The van der Waals surface area contributed by atoms with Crippen LogP contribution >= 0.6 is 0 Å². The van der Waals surface area contributed by atoms with Crippen LogP contribution in [0, 0.1) is 0 Å². The highest BCUT2D eigenvalue weighted by molar-refractivity contribution is 5.90. The number of hydrogen-bond acceptors (Lipinski definition) is 2. The first-order chi connectivity index (χ1) is 10.3. The normalized spacial score (nSPS) is 13.9. The Morgan fingerprint density at radius 1 is 1.05 bits per heavy atom. The minimum absolute atomic E-state index is 0.422. The number of benzene rings is 2. The fourth-order valence-electron chi connectivity index (χ4n) is 2.46. The van der Waals surface area contributed by atoms with Crippen LogP contribution < -0.4 is 10.5 Å². The number of ether oxygens (including phenoxy) is 1. The Kier molecular flexibility index (Phi) is 3.56. The van der Waals surface area contributed by atoms with Crippen molar-refractivity contribution in [2.24, 2.45) is 5.73 Å². The third kappa shape index (κ3) is 2.72. The largest absolute Gasteiger partial charge is 0.488 e. The van der Waals surface area contributed by atoms with Gasteiger partial charge in [0.2, 0.25) is 5.91 Å². The predicted molar refractivity (Wildman–Crippen MR) is 82.7 cm³/mol. The standard InChI is InChI=1S/C18H15NO2/c19-17(20)11-10-14-12-21-16-9-5-4-8-15(16)18(14)13-6-2-1-3-7-13/h1-11H,12H2,(H2,19,20). The summed E-state index contributed by atoms with van der Waals surface area (Å²) in [5.41, 5.74) is 9.34. The lowest BCUT2D eigenvalue weighted by molar-refractivity contribution is -0.113. The van der Waals surface area contributed by atoms with Gasteiger partial charge in [0.1, 0.15) is 12.4 Å². The molecule has 1 aliphatic heterocycles. The number of carbonyl (C=O) groups is 1. The monoisotopic (exact) mass is 277 g/mol. The molecule has 21 heavy (non-hydrogen) atoms. The third-order valence-electron chi connectivity index (χ3n) is 3.37. The number of amides is 1. The summed E-state index contributed by atoms with van der Waals surface area (Å²) in [6.45, 7) is 0.422. The van der Waals surface area contributed by atoms with Crippen molar-refractivity contribution in [2.45, 2.75) is 0 Å². The summed E-state index contributed by atoms with van der Waals surface area (Å²) < 4.78 is 5.76. The van der Waals surface area contributed by atoms with Crippen molar-refractivity contribution in [3.8, 4) is 5.75 Å². The molecule has 1 heterocycles. The highest BCUT2D eigenvalue weighted by Crippen LogP contribution is 2.37. The second-order valence-electron chi connectivity index (χ2n) is 4.79. The number of fused-ring (bicyclic) bond motifs is 1. The molecule has 0 bridgehead atoms. The van der Waals surface area contributed by atoms with Crippen molar-refractivity contribution in [1.29, 1.82) is 0 Å². The van der Waals surface area contributed by atoms with Gasteiger partial charge in [-0.15, -0.1) is 0 Å². The van der Waals surface area contributed by atoms with Gasteiger partial charge in [0.25, 0.3) is 0 Å². The van der Waals surface area contributed by atoms with Gasteiger partial charge in [-0.1, -0.05) is 48.5 Å². The molecule has 1 amide bonds. The van der Waals surface area contributed by atoms with E-state index >= 15 is 0 Å². The van der Waals surface area contributed by atoms with Crippen molar-refractivity contribution < 1.29 is 9.53 Å². The van der Waals surface area contributed by atoms with Crippen molar-refractivity contribution in [3.05, 3.63) is 83.4 Å². The number of primary amides is 1. The first-order valence-corrected chi connectivity index (χ1v) is 6.74. The smallest absolute Gasteiger partial charge is 0.241 e. The summed E-state index contributed by atoms with van der Waals surface area (Å²) in [6.07, 6.45) is 3.11. The van der Waals surface area contributed by atoms with E-state index in [2.05, 4.69) is 12.1 Å². The predicted octanol–water partition coefficient (Wildman–Crippen LogP) is 2.92. The van der Waals surface area contributed by atoms with Crippen LogP contribution in [0.2, 0.25) is 0 Å². The molecule has 2 N–H and O–H groups in total. The highest BCUT2D eigenvalue weighted by atomic mass is 16.5. The molecule has 0 fully saturated rings. The van der Waals surface area contributed by atoms with Crippen LogP contribution in [0.1, 0.15) is 11.1 Å². The van der Waals surface area contributed by atoms with Crippen LogP contribution in [0.4, 0.5) is 0 Å². The quantitative estimate of drug-likeness (QED) is 0.877. The second kappa shape index (κ2) is 5.67. The molecule has 3 rings (SSSR count). The van der Waals surface area contributed by atoms with Crippen LogP contribution in [0.5, 0.6) is 5.75 Å². The third-order valence-corrected chi connectivity index (χ3v) is 3.37. The maximum absolute atomic E-state index is 11.0. The van der Waals surface area contributed by atoms with Crippen molar-refractivity contribution in [2.75, 3.05) is 6.61 Å². The van der Waals surface area contributed by atoms with Gasteiger partial charge < -0.3 is 10.5 Å². The van der Waals surface area contributed by atoms with Crippen LogP contribution in [-0.2, 0) is 4.79 Å². The number of carbonyl (C=O) groups excluding carboxylic acids is 1. The second-order valence-corrected chi connectivity index (χ2v) is 4.79. The fourth-order valence-corrected chi connectivity index (χ4v) is 2.46. The topological polar surface area (TPSA) is 52.3 Å². The molecule has 1 aliphatic rings. The molecule has 0 radical (unpaired) electrons. The molecule has 104 valence electrons. The summed E-state index contributed by atoms with van der Waals surface area (Å²) in [7, 11) is 0. The highest BCUT2D eigenvalue weighted by Gasteiger charge is 2.19. The van der Waals surface area contributed by atoms with Crippen LogP contribution in [0.3, 0.4) is 0 Å². The van der Waals surface area contributed by atoms with E-state index < -0.39 is 5.91 Å². The van der Waals surface area contributed by atoms with Gasteiger partial charge in [0, 0.05) is 11.6 Å². The minimum atomic E-state index is -0.464. The van der Waals surface area contributed by atoms with E-state index in [4.69, 9.17) is 10.5 Å². The van der Waals surface area contributed by atoms with E-state index in [0.29, 0.717) is 6.61 Å². The lowest BCUT2D eigenvalue weighted by Crippen LogP contribution is -2.12. The molecule has 3 nitrogen and oxygen atoms in total. The van der Waals surface area contributed by atoms with E-state index in [1.165, 1.54) is 6.08 Å². The molecule has 2 aromatic carbocycles. The van der Waals surface area contributed by atoms with E-state index in [0.717, 1.165) is 28.0 Å². The zero-order valence-corrected chi connectivity index (χ0v) is 11.5. The van der Waals surface area contributed by atoms with Crippen molar-refractivity contribution in [1.82, 2.24) is 0 Å². The van der Waals surface area contributed by atoms with E-state index in [-0.39, 0.29) is 0 Å². The zero-order chi connectivity index (χ0) is 14.7. The average Bonchev–Trinajstić information content (AvgIpc) is 2.53. The van der Waals surface area contributed by atoms with Gasteiger partial charge in [-0.05, 0) is 28.9 Å². The number of nitrogens with two attached hydrogens (primary N) is 1. The summed E-state index contributed by atoms with van der Waals surface area (Å²) >= 11 is 0. The zero-order valence-electron chi connectivity index (χ0n) is 11.5. The lowest BCUT2D eigenvalue weighted by Gasteiger charge is -2.23. The molecule has 0 saturated carbocycles. The van der Waals surface area contributed by atoms with Crippen molar-refractivity contribution in [3.63, 3.8) is 0 Å². The fraction of sp³-hybridized carbons (Fsp3) is 0.0556. The lowest BCUT2D eigenvalue weighted by atomic mass is 9.91. The first kappa shape index (κ1) is 13.2. The molecule has 0 unspecified atom stereocenters. The summed E-state index contributed by atoms with van der Waals surface area (Å²) in [5, 5.41) is 0. The molecule has 3 heteroatoms.